The second kappa shape index (κ2) is 7.04. The van der Waals surface area contributed by atoms with Crippen molar-refractivity contribution in [3.8, 4) is 0 Å². The monoisotopic (exact) mass is 482 g/mol. The number of allylic oxidation sites excluding steroid dienone is 2. The lowest BCUT2D eigenvalue weighted by Gasteiger charge is -2.62. The third-order valence-corrected chi connectivity index (χ3v) is 13.0. The molecule has 0 aromatic carbocycles. The summed E-state index contributed by atoms with van der Waals surface area (Å²) >= 11 is 0. The fourth-order valence-corrected chi connectivity index (χ4v) is 10.8. The van der Waals surface area contributed by atoms with E-state index in [0.29, 0.717) is 17.8 Å². The summed E-state index contributed by atoms with van der Waals surface area (Å²) in [6, 6.07) is 0. The molecule has 2 saturated carbocycles. The van der Waals surface area contributed by atoms with Crippen LogP contribution < -0.4 is 0 Å². The Hall–Kier alpha value is -1.13. The maximum absolute atomic E-state index is 12.5. The van der Waals surface area contributed by atoms with Crippen LogP contribution in [0.15, 0.2) is 22.3 Å². The standard InChI is InChI=1S/C31H46O4/c1-17-15-31(19(3)18(2)26(33)35-31)34-22-16-30(8)21-9-10-23-27(4,5)24(32)12-13-28(23,6)20(21)11-14-29(30,7)25(17)22/h17,22-25,32H,9-16H2,1-8H3. The highest BCUT2D eigenvalue weighted by Gasteiger charge is 2.69. The van der Waals surface area contributed by atoms with E-state index in [4.69, 9.17) is 9.47 Å². The quantitative estimate of drug-likeness (QED) is 0.307. The number of carbonyl (C=O) groups is 1. The van der Waals surface area contributed by atoms with Crippen LogP contribution in [0.1, 0.15) is 107 Å². The van der Waals surface area contributed by atoms with Crippen molar-refractivity contribution in [2.75, 3.05) is 0 Å². The number of rotatable bonds is 0. The van der Waals surface area contributed by atoms with Crippen LogP contribution in [0.25, 0.3) is 0 Å². The van der Waals surface area contributed by atoms with Gasteiger partial charge in [-0.15, -0.1) is 0 Å². The Morgan fingerprint density at radius 1 is 0.943 bits per heavy atom. The zero-order valence-electron chi connectivity index (χ0n) is 23.2. The van der Waals surface area contributed by atoms with Crippen LogP contribution in [0.3, 0.4) is 0 Å². The van der Waals surface area contributed by atoms with Gasteiger partial charge in [0.2, 0.25) is 5.79 Å². The molecule has 0 bridgehead atoms. The summed E-state index contributed by atoms with van der Waals surface area (Å²) in [5.74, 6) is 0.397. The number of carbonyl (C=O) groups excluding carboxylic acids is 1. The van der Waals surface area contributed by atoms with Crippen LogP contribution >= 0.6 is 0 Å². The second-order valence-corrected chi connectivity index (χ2v) is 14.6. The van der Waals surface area contributed by atoms with E-state index < -0.39 is 5.79 Å². The molecule has 0 aromatic heterocycles. The summed E-state index contributed by atoms with van der Waals surface area (Å²) in [7, 11) is 0. The molecule has 1 N–H and O–H groups in total. The third-order valence-electron chi connectivity index (χ3n) is 13.0. The van der Waals surface area contributed by atoms with Crippen molar-refractivity contribution in [3.05, 3.63) is 22.3 Å². The highest BCUT2D eigenvalue weighted by molar-refractivity contribution is 5.92. The maximum atomic E-state index is 12.5. The van der Waals surface area contributed by atoms with Gasteiger partial charge in [0.1, 0.15) is 0 Å². The minimum Gasteiger partial charge on any atom is -0.426 e. The van der Waals surface area contributed by atoms with Crippen molar-refractivity contribution in [3.63, 3.8) is 0 Å². The topological polar surface area (TPSA) is 55.8 Å². The van der Waals surface area contributed by atoms with E-state index in [-0.39, 0.29) is 39.8 Å². The molecule has 1 spiro atoms. The molecule has 0 aromatic rings. The number of esters is 1. The number of fused-ring (bicyclic) bond motifs is 6. The molecule has 4 nitrogen and oxygen atoms in total. The summed E-state index contributed by atoms with van der Waals surface area (Å²) in [4.78, 5) is 12.5. The van der Waals surface area contributed by atoms with Crippen molar-refractivity contribution in [2.45, 2.75) is 125 Å². The fourth-order valence-electron chi connectivity index (χ4n) is 10.8. The smallest absolute Gasteiger partial charge is 0.336 e. The Balaban J connectivity index is 1.41. The maximum Gasteiger partial charge on any atom is 0.336 e. The Labute approximate surface area is 211 Å². The van der Waals surface area contributed by atoms with Gasteiger partial charge in [-0.2, -0.15) is 0 Å². The van der Waals surface area contributed by atoms with Crippen LogP contribution in [-0.4, -0.2) is 29.1 Å². The average Bonchev–Trinajstić information content (AvgIpc) is 3.13. The van der Waals surface area contributed by atoms with Crippen LogP contribution in [-0.2, 0) is 14.3 Å². The van der Waals surface area contributed by atoms with Gasteiger partial charge in [-0.3, -0.25) is 0 Å². The minimum atomic E-state index is -0.855. The van der Waals surface area contributed by atoms with Crippen molar-refractivity contribution < 1.29 is 19.4 Å². The summed E-state index contributed by atoms with van der Waals surface area (Å²) in [6.07, 6.45) is 8.47. The Bertz CT molecular complexity index is 1050. The Kier molecular flexibility index (Phi) is 4.87. The molecule has 9 atom stereocenters. The molecular weight excluding hydrogens is 436 g/mol. The lowest BCUT2D eigenvalue weighted by Crippen LogP contribution is -2.55. The largest absolute Gasteiger partial charge is 0.426 e. The van der Waals surface area contributed by atoms with Gasteiger partial charge in [-0.25, -0.2) is 4.79 Å². The molecule has 194 valence electrons. The molecule has 4 aliphatic carbocycles. The van der Waals surface area contributed by atoms with Gasteiger partial charge in [-0.05, 0) is 98.2 Å². The summed E-state index contributed by atoms with van der Waals surface area (Å²) in [5, 5.41) is 10.9. The molecule has 4 heteroatoms. The number of aliphatic hydroxyl groups excluding tert-OH is 1. The first-order valence-electron chi connectivity index (χ1n) is 14.2. The minimum absolute atomic E-state index is 0.0328. The zero-order valence-corrected chi connectivity index (χ0v) is 23.2. The molecule has 0 amide bonds. The van der Waals surface area contributed by atoms with E-state index in [0.717, 1.165) is 43.3 Å². The second-order valence-electron chi connectivity index (χ2n) is 14.6. The van der Waals surface area contributed by atoms with E-state index in [1.54, 1.807) is 11.1 Å². The molecule has 2 aliphatic heterocycles. The summed E-state index contributed by atoms with van der Waals surface area (Å²) in [6.45, 7) is 18.5. The van der Waals surface area contributed by atoms with E-state index >= 15 is 0 Å². The van der Waals surface area contributed by atoms with Crippen LogP contribution in [0.5, 0.6) is 0 Å². The number of ether oxygens (including phenoxy) is 2. The average molecular weight is 483 g/mol. The zero-order chi connectivity index (χ0) is 25.3. The van der Waals surface area contributed by atoms with Gasteiger partial charge in [0.05, 0.1) is 12.2 Å². The summed E-state index contributed by atoms with van der Waals surface area (Å²) < 4.78 is 12.9. The van der Waals surface area contributed by atoms with E-state index in [2.05, 4.69) is 41.5 Å². The van der Waals surface area contributed by atoms with Gasteiger partial charge >= 0.3 is 5.97 Å². The van der Waals surface area contributed by atoms with E-state index in [1.807, 2.05) is 13.8 Å². The molecule has 2 heterocycles. The lowest BCUT2D eigenvalue weighted by atomic mass is 9.43. The van der Waals surface area contributed by atoms with E-state index in [9.17, 15) is 9.90 Å². The first kappa shape index (κ1) is 24.2. The van der Waals surface area contributed by atoms with Gasteiger partial charge in [0, 0.05) is 17.6 Å². The van der Waals surface area contributed by atoms with Crippen molar-refractivity contribution in [1.29, 1.82) is 0 Å². The lowest BCUT2D eigenvalue weighted by molar-refractivity contribution is -0.262. The Morgan fingerprint density at radius 3 is 2.31 bits per heavy atom. The fraction of sp³-hybridized carbons (Fsp3) is 0.839. The van der Waals surface area contributed by atoms with Gasteiger partial charge < -0.3 is 14.6 Å². The predicted molar refractivity (Wildman–Crippen MR) is 136 cm³/mol. The normalized spacial score (nSPS) is 52.7. The SMILES string of the molecule is CC1=C(C)C2(CC(C)C3C(CC4(C)C5=C(CCC34C)C3(C)CCC(O)C(C)(C)C3CC5)O2)OC1=O. The highest BCUT2D eigenvalue weighted by atomic mass is 16.7. The van der Waals surface area contributed by atoms with Crippen LogP contribution in [0, 0.1) is 39.4 Å². The third kappa shape index (κ3) is 2.74. The van der Waals surface area contributed by atoms with Crippen LogP contribution in [0.2, 0.25) is 0 Å². The molecule has 1 saturated heterocycles. The van der Waals surface area contributed by atoms with Gasteiger partial charge in [0.15, 0.2) is 0 Å². The van der Waals surface area contributed by atoms with Crippen molar-refractivity contribution in [2.24, 2.45) is 39.4 Å². The van der Waals surface area contributed by atoms with Gasteiger partial charge in [0.25, 0.3) is 0 Å². The Morgan fingerprint density at radius 2 is 1.66 bits per heavy atom. The molecule has 6 rings (SSSR count). The first-order chi connectivity index (χ1) is 16.2. The van der Waals surface area contributed by atoms with E-state index in [1.165, 1.54) is 19.3 Å². The van der Waals surface area contributed by atoms with Gasteiger partial charge in [-0.1, -0.05) is 52.7 Å². The predicted octanol–water partition coefficient (Wildman–Crippen LogP) is 6.72. The molecule has 35 heavy (non-hydrogen) atoms. The summed E-state index contributed by atoms with van der Waals surface area (Å²) in [5.41, 5.74) is 5.63. The molecule has 9 unspecified atom stereocenters. The number of aliphatic hydroxyl groups is 1. The highest BCUT2D eigenvalue weighted by Crippen LogP contribution is 2.74. The molecule has 0 radical (unpaired) electrons. The molecular formula is C31H46O4. The molecule has 6 aliphatic rings. The van der Waals surface area contributed by atoms with Crippen LogP contribution in [0.4, 0.5) is 0 Å². The number of hydrogen-bond acceptors (Lipinski definition) is 4. The molecule has 3 fully saturated rings. The van der Waals surface area contributed by atoms with Crippen molar-refractivity contribution in [1.82, 2.24) is 0 Å². The first-order valence-corrected chi connectivity index (χ1v) is 14.2. The van der Waals surface area contributed by atoms with Crippen molar-refractivity contribution >= 4 is 5.97 Å². The number of hydrogen-bond donors (Lipinski definition) is 1.